The highest BCUT2D eigenvalue weighted by Gasteiger charge is 2.02. The Morgan fingerprint density at radius 1 is 1.27 bits per heavy atom. The van der Waals surface area contributed by atoms with Crippen molar-refractivity contribution in [2.24, 2.45) is 0 Å². The number of aryl methyl sites for hydroxylation is 1. The van der Waals surface area contributed by atoms with Gasteiger partial charge >= 0.3 is 0 Å². The van der Waals surface area contributed by atoms with Gasteiger partial charge in [0.25, 0.3) is 0 Å². The van der Waals surface area contributed by atoms with Gasteiger partial charge in [-0.15, -0.1) is 0 Å². The number of carbonyl (C=O) groups excluding carboxylic acids is 1. The largest absolute Gasteiger partial charge is 0.384 e. The molecule has 0 fully saturated rings. The van der Waals surface area contributed by atoms with Crippen LogP contribution in [-0.2, 0) is 0 Å². The van der Waals surface area contributed by atoms with Crippen LogP contribution in [0.1, 0.15) is 21.5 Å². The summed E-state index contributed by atoms with van der Waals surface area (Å²) in [5.74, 6) is 0. The molecule has 1 rings (SSSR count). The van der Waals surface area contributed by atoms with Crippen molar-refractivity contribution in [2.45, 2.75) is 13.8 Å². The molecule has 0 spiro atoms. The van der Waals surface area contributed by atoms with E-state index in [9.17, 15) is 4.79 Å². The summed E-state index contributed by atoms with van der Waals surface area (Å²) in [7, 11) is 1.92. The minimum absolute atomic E-state index is 0.766. The van der Waals surface area contributed by atoms with Gasteiger partial charge in [0, 0.05) is 24.3 Å². The number of anilines is 1. The highest BCUT2D eigenvalue weighted by molar-refractivity contribution is 5.80. The summed E-state index contributed by atoms with van der Waals surface area (Å²) in [6.07, 6.45) is 0.908. The van der Waals surface area contributed by atoms with Crippen LogP contribution in [0.5, 0.6) is 0 Å². The molecule has 0 aliphatic heterocycles. The van der Waals surface area contributed by atoms with Crippen LogP contribution in [-0.4, -0.2) is 26.4 Å². The number of hydrogen-bond donors (Lipinski definition) is 2. The highest BCUT2D eigenvalue weighted by Crippen LogP contribution is 2.18. The molecule has 0 amide bonds. The molecule has 0 aromatic heterocycles. The molecule has 82 valence electrons. The van der Waals surface area contributed by atoms with Crippen molar-refractivity contribution in [2.75, 3.05) is 25.5 Å². The van der Waals surface area contributed by atoms with Crippen LogP contribution >= 0.6 is 0 Å². The van der Waals surface area contributed by atoms with Gasteiger partial charge in [-0.2, -0.15) is 0 Å². The van der Waals surface area contributed by atoms with Crippen LogP contribution < -0.4 is 10.6 Å². The number of nitrogens with one attached hydrogen (secondary N) is 2. The minimum Gasteiger partial charge on any atom is -0.384 e. The number of rotatable bonds is 5. The highest BCUT2D eigenvalue weighted by atomic mass is 16.1. The molecular weight excluding hydrogens is 188 g/mol. The summed E-state index contributed by atoms with van der Waals surface area (Å²) in [6, 6.07) is 3.96. The summed E-state index contributed by atoms with van der Waals surface area (Å²) in [5, 5.41) is 6.33. The Hall–Kier alpha value is -1.35. The molecule has 0 saturated heterocycles. The van der Waals surface area contributed by atoms with Crippen LogP contribution in [0.15, 0.2) is 12.1 Å². The standard InChI is InChI=1S/C12H18N2O/c1-9-6-12(14-5-4-13-3)7-11(8-15)10(9)2/h6-8,13-14H,4-5H2,1-3H3. The molecule has 1 aromatic rings. The van der Waals surface area contributed by atoms with E-state index in [1.54, 1.807) is 0 Å². The number of benzene rings is 1. The molecule has 0 aliphatic carbocycles. The first-order chi connectivity index (χ1) is 7.19. The van der Waals surface area contributed by atoms with Crippen molar-refractivity contribution in [1.29, 1.82) is 0 Å². The van der Waals surface area contributed by atoms with Crippen molar-refractivity contribution in [3.05, 3.63) is 28.8 Å². The molecule has 0 bridgehead atoms. The molecule has 0 saturated carbocycles. The normalized spacial score (nSPS) is 10.1. The van der Waals surface area contributed by atoms with Crippen molar-refractivity contribution in [3.8, 4) is 0 Å². The Bertz CT molecular complexity index is 348. The zero-order chi connectivity index (χ0) is 11.3. The fourth-order valence-corrected chi connectivity index (χ4v) is 1.44. The lowest BCUT2D eigenvalue weighted by Crippen LogP contribution is -2.17. The van der Waals surface area contributed by atoms with Gasteiger partial charge in [0.05, 0.1) is 0 Å². The Kier molecular flexibility index (Phi) is 4.31. The van der Waals surface area contributed by atoms with Crippen molar-refractivity contribution in [1.82, 2.24) is 5.32 Å². The van der Waals surface area contributed by atoms with E-state index in [2.05, 4.69) is 16.7 Å². The number of carbonyl (C=O) groups is 1. The second-order valence-electron chi connectivity index (χ2n) is 3.66. The molecular formula is C12H18N2O. The van der Waals surface area contributed by atoms with Gasteiger partial charge in [0.15, 0.2) is 0 Å². The lowest BCUT2D eigenvalue weighted by atomic mass is 10.0. The van der Waals surface area contributed by atoms with Crippen LogP contribution in [0.3, 0.4) is 0 Å². The second-order valence-corrected chi connectivity index (χ2v) is 3.66. The maximum Gasteiger partial charge on any atom is 0.150 e. The van der Waals surface area contributed by atoms with Crippen LogP contribution in [0.4, 0.5) is 5.69 Å². The number of likely N-dealkylation sites (N-methyl/N-ethyl adjacent to an activating group) is 1. The van der Waals surface area contributed by atoms with E-state index in [1.165, 1.54) is 0 Å². The van der Waals surface area contributed by atoms with E-state index in [0.29, 0.717) is 0 Å². The Labute approximate surface area is 90.9 Å². The molecule has 0 aliphatic rings. The van der Waals surface area contributed by atoms with Crippen molar-refractivity contribution >= 4 is 12.0 Å². The summed E-state index contributed by atoms with van der Waals surface area (Å²) >= 11 is 0. The minimum atomic E-state index is 0.766. The zero-order valence-electron chi connectivity index (χ0n) is 9.55. The van der Waals surface area contributed by atoms with Gasteiger partial charge in [-0.25, -0.2) is 0 Å². The fourth-order valence-electron chi connectivity index (χ4n) is 1.44. The second kappa shape index (κ2) is 5.51. The van der Waals surface area contributed by atoms with E-state index in [-0.39, 0.29) is 0 Å². The lowest BCUT2D eigenvalue weighted by molar-refractivity contribution is 0.112. The van der Waals surface area contributed by atoms with Gasteiger partial charge in [-0.3, -0.25) is 4.79 Å². The van der Waals surface area contributed by atoms with E-state index in [0.717, 1.165) is 41.8 Å². The number of aldehydes is 1. The van der Waals surface area contributed by atoms with Gasteiger partial charge < -0.3 is 10.6 Å². The van der Waals surface area contributed by atoms with Crippen LogP contribution in [0.25, 0.3) is 0 Å². The van der Waals surface area contributed by atoms with Crippen LogP contribution in [0.2, 0.25) is 0 Å². The quantitative estimate of drug-likeness (QED) is 0.569. The molecule has 1 aromatic carbocycles. The molecule has 2 N–H and O–H groups in total. The molecule has 0 heterocycles. The third-order valence-electron chi connectivity index (χ3n) is 2.54. The molecule has 3 nitrogen and oxygen atoms in total. The first kappa shape index (κ1) is 11.7. The third kappa shape index (κ3) is 3.06. The Morgan fingerprint density at radius 3 is 2.60 bits per heavy atom. The van der Waals surface area contributed by atoms with Gasteiger partial charge in [0.2, 0.25) is 0 Å². The fraction of sp³-hybridized carbons (Fsp3) is 0.417. The van der Waals surface area contributed by atoms with Crippen LogP contribution in [0, 0.1) is 13.8 Å². The maximum atomic E-state index is 10.8. The van der Waals surface area contributed by atoms with E-state index >= 15 is 0 Å². The predicted molar refractivity (Wildman–Crippen MR) is 63.7 cm³/mol. The summed E-state index contributed by atoms with van der Waals surface area (Å²) in [6.45, 7) is 5.75. The van der Waals surface area contributed by atoms with E-state index in [1.807, 2.05) is 27.0 Å². The third-order valence-corrected chi connectivity index (χ3v) is 2.54. The molecule has 15 heavy (non-hydrogen) atoms. The predicted octanol–water partition coefficient (Wildman–Crippen LogP) is 1.75. The van der Waals surface area contributed by atoms with Gasteiger partial charge in [-0.05, 0) is 44.2 Å². The molecule has 0 atom stereocenters. The summed E-state index contributed by atoms with van der Waals surface area (Å²) < 4.78 is 0. The van der Waals surface area contributed by atoms with E-state index < -0.39 is 0 Å². The summed E-state index contributed by atoms with van der Waals surface area (Å²) in [4.78, 5) is 10.8. The first-order valence-electron chi connectivity index (χ1n) is 5.14. The monoisotopic (exact) mass is 206 g/mol. The summed E-state index contributed by atoms with van der Waals surface area (Å²) in [5.41, 5.74) is 3.98. The molecule has 0 unspecified atom stereocenters. The first-order valence-corrected chi connectivity index (χ1v) is 5.14. The van der Waals surface area contributed by atoms with Gasteiger partial charge in [0.1, 0.15) is 6.29 Å². The zero-order valence-corrected chi connectivity index (χ0v) is 9.55. The Morgan fingerprint density at radius 2 is 2.00 bits per heavy atom. The van der Waals surface area contributed by atoms with Crippen molar-refractivity contribution < 1.29 is 4.79 Å². The van der Waals surface area contributed by atoms with Gasteiger partial charge in [-0.1, -0.05) is 0 Å². The van der Waals surface area contributed by atoms with E-state index in [4.69, 9.17) is 0 Å². The SMILES string of the molecule is CNCCNc1cc(C)c(C)c(C=O)c1. The topological polar surface area (TPSA) is 41.1 Å². The smallest absolute Gasteiger partial charge is 0.150 e. The lowest BCUT2D eigenvalue weighted by Gasteiger charge is -2.10. The Balaban J connectivity index is 2.81. The average Bonchev–Trinajstić information content (AvgIpc) is 2.23. The maximum absolute atomic E-state index is 10.8. The number of hydrogen-bond acceptors (Lipinski definition) is 3. The molecule has 0 radical (unpaired) electrons. The average molecular weight is 206 g/mol. The molecule has 3 heteroatoms. The van der Waals surface area contributed by atoms with Crippen molar-refractivity contribution in [3.63, 3.8) is 0 Å².